The number of likely N-dealkylation sites (N-methyl/N-ethyl adjacent to an activating group) is 1. The monoisotopic (exact) mass is 303 g/mol. The summed E-state index contributed by atoms with van der Waals surface area (Å²) in [5.74, 6) is -0.591. The zero-order valence-corrected chi connectivity index (χ0v) is 12.1. The lowest BCUT2D eigenvalue weighted by atomic mass is 10.0. The molecule has 0 spiro atoms. The van der Waals surface area contributed by atoms with Gasteiger partial charge in [0.25, 0.3) is 0 Å². The molecule has 7 heteroatoms. The molecule has 0 radical (unpaired) electrons. The predicted molar refractivity (Wildman–Crippen MR) is 76.8 cm³/mol. The number of nitrogen functional groups attached to an aromatic ring is 1. The SMILES string of the molecule is CCOCCN(CC)c1ccc(C(=N)N)c(C(F)(F)F)c1. The first-order valence-electron chi connectivity index (χ1n) is 6.69. The Morgan fingerprint density at radius 1 is 1.33 bits per heavy atom. The van der Waals surface area contributed by atoms with Crippen molar-refractivity contribution in [3.63, 3.8) is 0 Å². The highest BCUT2D eigenvalue weighted by atomic mass is 19.4. The van der Waals surface area contributed by atoms with E-state index in [0.29, 0.717) is 32.0 Å². The maximum Gasteiger partial charge on any atom is 0.417 e. The number of amidine groups is 1. The van der Waals surface area contributed by atoms with Crippen LogP contribution in [0.1, 0.15) is 25.0 Å². The normalized spacial score (nSPS) is 11.5. The molecule has 0 aliphatic rings. The second-order valence-electron chi connectivity index (χ2n) is 4.42. The number of hydrogen-bond donors (Lipinski definition) is 2. The Morgan fingerprint density at radius 2 is 2.00 bits per heavy atom. The molecule has 1 aromatic rings. The van der Waals surface area contributed by atoms with Gasteiger partial charge in [-0.05, 0) is 32.0 Å². The highest BCUT2D eigenvalue weighted by Gasteiger charge is 2.34. The van der Waals surface area contributed by atoms with Gasteiger partial charge in [-0.3, -0.25) is 5.41 Å². The van der Waals surface area contributed by atoms with Crippen molar-refractivity contribution in [3.05, 3.63) is 29.3 Å². The average Bonchev–Trinajstić information content (AvgIpc) is 2.42. The van der Waals surface area contributed by atoms with Crippen LogP contribution in [0.25, 0.3) is 0 Å². The summed E-state index contributed by atoms with van der Waals surface area (Å²) in [7, 11) is 0. The highest BCUT2D eigenvalue weighted by molar-refractivity contribution is 5.97. The molecule has 21 heavy (non-hydrogen) atoms. The molecular weight excluding hydrogens is 283 g/mol. The summed E-state index contributed by atoms with van der Waals surface area (Å²) in [4.78, 5) is 1.79. The van der Waals surface area contributed by atoms with Crippen molar-refractivity contribution in [2.24, 2.45) is 5.73 Å². The number of rotatable bonds is 7. The quantitative estimate of drug-likeness (QED) is 0.462. The molecule has 3 N–H and O–H groups in total. The Morgan fingerprint density at radius 3 is 2.48 bits per heavy atom. The summed E-state index contributed by atoms with van der Waals surface area (Å²) >= 11 is 0. The van der Waals surface area contributed by atoms with Crippen LogP contribution in [0.2, 0.25) is 0 Å². The number of nitrogens with two attached hydrogens (primary N) is 1. The Bertz CT molecular complexity index is 489. The van der Waals surface area contributed by atoms with E-state index in [-0.39, 0.29) is 5.56 Å². The van der Waals surface area contributed by atoms with Gasteiger partial charge in [-0.2, -0.15) is 13.2 Å². The molecule has 0 aliphatic heterocycles. The molecule has 0 saturated heterocycles. The molecule has 0 unspecified atom stereocenters. The van der Waals surface area contributed by atoms with E-state index in [9.17, 15) is 13.2 Å². The van der Waals surface area contributed by atoms with E-state index in [1.165, 1.54) is 6.07 Å². The summed E-state index contributed by atoms with van der Waals surface area (Å²) in [5, 5.41) is 7.26. The van der Waals surface area contributed by atoms with Crippen molar-refractivity contribution in [1.29, 1.82) is 5.41 Å². The Kier molecular flexibility index (Phi) is 6.02. The van der Waals surface area contributed by atoms with E-state index >= 15 is 0 Å². The van der Waals surface area contributed by atoms with Crippen LogP contribution in [0.5, 0.6) is 0 Å². The van der Waals surface area contributed by atoms with E-state index in [4.69, 9.17) is 15.9 Å². The van der Waals surface area contributed by atoms with E-state index in [1.54, 1.807) is 11.0 Å². The fourth-order valence-electron chi connectivity index (χ4n) is 1.99. The van der Waals surface area contributed by atoms with Gasteiger partial charge >= 0.3 is 6.18 Å². The number of halogens is 3. The molecule has 0 fully saturated rings. The fourth-order valence-corrected chi connectivity index (χ4v) is 1.99. The van der Waals surface area contributed by atoms with Gasteiger partial charge in [0.2, 0.25) is 0 Å². The molecule has 1 rings (SSSR count). The summed E-state index contributed by atoms with van der Waals surface area (Å²) < 4.78 is 44.4. The zero-order chi connectivity index (χ0) is 16.0. The van der Waals surface area contributed by atoms with Crippen molar-refractivity contribution in [1.82, 2.24) is 0 Å². The van der Waals surface area contributed by atoms with Gasteiger partial charge in [-0.25, -0.2) is 0 Å². The number of hydrogen-bond acceptors (Lipinski definition) is 3. The third-order valence-corrected chi connectivity index (χ3v) is 3.06. The van der Waals surface area contributed by atoms with Crippen molar-refractivity contribution in [3.8, 4) is 0 Å². The molecule has 4 nitrogen and oxygen atoms in total. The van der Waals surface area contributed by atoms with Crippen molar-refractivity contribution in [2.45, 2.75) is 20.0 Å². The predicted octanol–water partition coefficient (Wildman–Crippen LogP) is 2.85. The number of ether oxygens (including phenoxy) is 1. The Balaban J connectivity index is 3.11. The van der Waals surface area contributed by atoms with E-state index in [0.717, 1.165) is 6.07 Å². The highest BCUT2D eigenvalue weighted by Crippen LogP contribution is 2.34. The second kappa shape index (κ2) is 7.31. The van der Waals surface area contributed by atoms with Crippen LogP contribution in [0.4, 0.5) is 18.9 Å². The second-order valence-corrected chi connectivity index (χ2v) is 4.42. The molecule has 0 aromatic heterocycles. The van der Waals surface area contributed by atoms with Crippen LogP contribution < -0.4 is 10.6 Å². The summed E-state index contributed by atoms with van der Waals surface area (Å²) in [6, 6.07) is 3.82. The lowest BCUT2D eigenvalue weighted by Gasteiger charge is -2.24. The molecule has 1 aromatic carbocycles. The van der Waals surface area contributed by atoms with Crippen molar-refractivity contribution in [2.75, 3.05) is 31.2 Å². The Hall–Kier alpha value is -1.76. The lowest BCUT2D eigenvalue weighted by Crippen LogP contribution is -2.28. The smallest absolute Gasteiger partial charge is 0.384 e. The number of anilines is 1. The van der Waals surface area contributed by atoms with Gasteiger partial charge in [0, 0.05) is 30.9 Å². The van der Waals surface area contributed by atoms with Crippen molar-refractivity contribution < 1.29 is 17.9 Å². The van der Waals surface area contributed by atoms with Crippen LogP contribution in [-0.2, 0) is 10.9 Å². The molecule has 0 amide bonds. The zero-order valence-electron chi connectivity index (χ0n) is 12.1. The summed E-state index contributed by atoms with van der Waals surface area (Å²) in [6.45, 7) is 5.79. The van der Waals surface area contributed by atoms with Gasteiger partial charge in [0.15, 0.2) is 0 Å². The number of benzene rings is 1. The third-order valence-electron chi connectivity index (χ3n) is 3.06. The standard InChI is InChI=1S/C14H20F3N3O/c1-3-20(7-8-21-4-2)10-5-6-11(13(18)19)12(9-10)14(15,16)17/h5-6,9H,3-4,7-8H2,1-2H3,(H3,18,19). The van der Waals surface area contributed by atoms with Crippen LogP contribution >= 0.6 is 0 Å². The summed E-state index contributed by atoms with van der Waals surface area (Å²) in [6.07, 6.45) is -4.55. The van der Waals surface area contributed by atoms with Crippen LogP contribution in [-0.4, -0.2) is 32.1 Å². The minimum absolute atomic E-state index is 0.299. The first-order valence-corrected chi connectivity index (χ1v) is 6.69. The Labute approximate surface area is 122 Å². The van der Waals surface area contributed by atoms with Gasteiger partial charge in [0.1, 0.15) is 5.84 Å². The molecule has 0 bridgehead atoms. The summed E-state index contributed by atoms with van der Waals surface area (Å²) in [5.41, 5.74) is 4.47. The van der Waals surface area contributed by atoms with E-state index in [1.807, 2.05) is 13.8 Å². The largest absolute Gasteiger partial charge is 0.417 e. The van der Waals surface area contributed by atoms with Gasteiger partial charge in [0.05, 0.1) is 12.2 Å². The van der Waals surface area contributed by atoms with E-state index < -0.39 is 17.6 Å². The fraction of sp³-hybridized carbons (Fsp3) is 0.500. The lowest BCUT2D eigenvalue weighted by molar-refractivity contribution is -0.137. The first-order chi connectivity index (χ1) is 9.81. The van der Waals surface area contributed by atoms with E-state index in [2.05, 4.69) is 0 Å². The molecule has 0 saturated carbocycles. The molecule has 118 valence electrons. The topological polar surface area (TPSA) is 62.3 Å². The number of nitrogens with one attached hydrogen (secondary N) is 1. The van der Waals surface area contributed by atoms with Gasteiger partial charge < -0.3 is 15.4 Å². The minimum atomic E-state index is -4.55. The third kappa shape index (κ3) is 4.63. The molecular formula is C14H20F3N3O. The minimum Gasteiger partial charge on any atom is -0.384 e. The molecule has 0 atom stereocenters. The van der Waals surface area contributed by atoms with Crippen LogP contribution in [0.15, 0.2) is 18.2 Å². The van der Waals surface area contributed by atoms with Gasteiger partial charge in [-0.15, -0.1) is 0 Å². The van der Waals surface area contributed by atoms with Crippen molar-refractivity contribution >= 4 is 11.5 Å². The maximum absolute atomic E-state index is 13.1. The average molecular weight is 303 g/mol. The van der Waals surface area contributed by atoms with Crippen LogP contribution in [0.3, 0.4) is 0 Å². The maximum atomic E-state index is 13.1. The molecule has 0 heterocycles. The first kappa shape index (κ1) is 17.3. The van der Waals surface area contributed by atoms with Gasteiger partial charge in [-0.1, -0.05) is 0 Å². The van der Waals surface area contributed by atoms with Crippen LogP contribution in [0, 0.1) is 5.41 Å². The number of nitrogens with zero attached hydrogens (tertiary/aromatic N) is 1. The number of alkyl halides is 3. The molecule has 0 aliphatic carbocycles.